The Morgan fingerprint density at radius 2 is 1.67 bits per heavy atom. The van der Waals surface area contributed by atoms with E-state index in [0.717, 1.165) is 0 Å². The molecule has 0 saturated heterocycles. The van der Waals surface area contributed by atoms with E-state index < -0.39 is 8.07 Å². The smallest absolute Gasteiger partial charge is 0.118 e. The zero-order valence-corrected chi connectivity index (χ0v) is 9.04. The lowest BCUT2D eigenvalue weighted by Gasteiger charge is -2.01. The fourth-order valence-corrected chi connectivity index (χ4v) is 0.815. The first kappa shape index (κ1) is 9.07. The minimum Gasteiger partial charge on any atom is -0.118 e. The molecule has 0 heterocycles. The number of rotatable bonds is 0. The van der Waals surface area contributed by atoms with Crippen molar-refractivity contribution in [1.29, 1.82) is 0 Å². The van der Waals surface area contributed by atoms with Crippen molar-refractivity contribution in [2.75, 3.05) is 0 Å². The summed E-state index contributed by atoms with van der Waals surface area (Å²) in [7, 11) is -1.16. The molecule has 0 aliphatic heterocycles. The summed E-state index contributed by atoms with van der Waals surface area (Å²) in [5.74, 6) is 5.53. The van der Waals surface area contributed by atoms with Crippen molar-refractivity contribution < 1.29 is 0 Å². The molecule has 0 saturated carbocycles. The quantitative estimate of drug-likeness (QED) is 0.350. The van der Waals surface area contributed by atoms with E-state index in [1.165, 1.54) is 0 Å². The van der Waals surface area contributed by atoms with Crippen LogP contribution in [-0.2, 0) is 0 Å². The third-order valence-corrected chi connectivity index (χ3v) is 1.69. The highest BCUT2D eigenvalue weighted by molar-refractivity contribution is 14.1. The molecule has 0 aromatic carbocycles. The van der Waals surface area contributed by atoms with Gasteiger partial charge in [0, 0.05) is 22.6 Å². The van der Waals surface area contributed by atoms with E-state index in [1.807, 2.05) is 22.6 Å². The molecule has 0 atom stereocenters. The van der Waals surface area contributed by atoms with Gasteiger partial charge in [0.2, 0.25) is 0 Å². The summed E-state index contributed by atoms with van der Waals surface area (Å²) in [6.45, 7) is 6.61. The van der Waals surface area contributed by atoms with Crippen molar-refractivity contribution >= 4 is 30.7 Å². The van der Waals surface area contributed by atoms with Gasteiger partial charge in [-0.05, 0) is 15.8 Å². The molecule has 0 nitrogen and oxygen atoms in total. The normalized spacial score (nSPS) is 8.44. The van der Waals surface area contributed by atoms with Crippen molar-refractivity contribution in [1.82, 2.24) is 0 Å². The molecule has 0 aromatic heterocycles. The van der Waals surface area contributed by atoms with Crippen molar-refractivity contribution in [3.8, 4) is 21.3 Å². The highest BCUT2D eigenvalue weighted by Crippen LogP contribution is 1.95. The van der Waals surface area contributed by atoms with Gasteiger partial charge < -0.3 is 0 Å². The maximum Gasteiger partial charge on any atom is 0.130 e. The zero-order chi connectivity index (χ0) is 7.33. The fraction of sp³-hybridized carbons (Fsp3) is 0.429. The van der Waals surface area contributed by atoms with E-state index in [2.05, 4.69) is 41.0 Å². The SMILES string of the molecule is C[Si](C)(C)C#CC#CI. The van der Waals surface area contributed by atoms with Crippen LogP contribution in [0.4, 0.5) is 0 Å². The van der Waals surface area contributed by atoms with Crippen molar-refractivity contribution in [2.24, 2.45) is 0 Å². The third-order valence-electron chi connectivity index (χ3n) is 0.547. The molecule has 0 fully saturated rings. The average Bonchev–Trinajstić information content (AvgIpc) is 1.63. The predicted molar refractivity (Wildman–Crippen MR) is 52.9 cm³/mol. The van der Waals surface area contributed by atoms with Crippen LogP contribution in [0.25, 0.3) is 0 Å². The predicted octanol–water partition coefficient (Wildman–Crippen LogP) is 2.26. The fourth-order valence-electron chi connectivity index (χ4n) is 0.242. The van der Waals surface area contributed by atoms with Gasteiger partial charge in [0.25, 0.3) is 0 Å². The minimum absolute atomic E-state index is 1.16. The van der Waals surface area contributed by atoms with Gasteiger partial charge in [0.1, 0.15) is 8.07 Å². The molecule has 0 unspecified atom stereocenters. The van der Waals surface area contributed by atoms with E-state index in [1.54, 1.807) is 0 Å². The molecule has 0 bridgehead atoms. The van der Waals surface area contributed by atoms with Gasteiger partial charge in [-0.3, -0.25) is 0 Å². The van der Waals surface area contributed by atoms with Crippen LogP contribution in [-0.4, -0.2) is 8.07 Å². The standard InChI is InChI=1S/C7H9ISi/c1-9(2,3)7-5-4-6-8/h1-3H3. The van der Waals surface area contributed by atoms with Crippen LogP contribution in [0.3, 0.4) is 0 Å². The van der Waals surface area contributed by atoms with E-state index in [0.29, 0.717) is 0 Å². The van der Waals surface area contributed by atoms with Crippen LogP contribution in [0.5, 0.6) is 0 Å². The monoisotopic (exact) mass is 248 g/mol. The molecule has 0 aliphatic carbocycles. The molecule has 0 aliphatic rings. The number of hydrogen-bond donors (Lipinski definition) is 0. The Kier molecular flexibility index (Phi) is 4.00. The van der Waals surface area contributed by atoms with Crippen molar-refractivity contribution in [3.05, 3.63) is 0 Å². The van der Waals surface area contributed by atoms with Gasteiger partial charge in [0.15, 0.2) is 0 Å². The maximum absolute atomic E-state index is 3.13. The molecular weight excluding hydrogens is 239 g/mol. The van der Waals surface area contributed by atoms with Crippen LogP contribution in [0.1, 0.15) is 0 Å². The largest absolute Gasteiger partial charge is 0.130 e. The lowest BCUT2D eigenvalue weighted by Crippen LogP contribution is -2.16. The van der Waals surface area contributed by atoms with Crippen LogP contribution < -0.4 is 0 Å². The van der Waals surface area contributed by atoms with E-state index in [-0.39, 0.29) is 0 Å². The number of halogens is 1. The summed E-state index contributed by atoms with van der Waals surface area (Å²) >= 11 is 1.99. The molecular formula is C7H9ISi. The number of hydrogen-bond acceptors (Lipinski definition) is 0. The Hall–Kier alpha value is 0.0669. The van der Waals surface area contributed by atoms with Crippen molar-refractivity contribution in [3.63, 3.8) is 0 Å². The van der Waals surface area contributed by atoms with Crippen LogP contribution >= 0.6 is 22.6 Å². The molecule has 9 heavy (non-hydrogen) atoms. The Morgan fingerprint density at radius 3 is 2.00 bits per heavy atom. The highest BCUT2D eigenvalue weighted by Gasteiger charge is 2.06. The summed E-state index contributed by atoms with van der Waals surface area (Å²) in [6, 6.07) is 0. The second-order valence-electron chi connectivity index (χ2n) is 2.72. The van der Waals surface area contributed by atoms with Gasteiger partial charge in [-0.15, -0.1) is 5.54 Å². The summed E-state index contributed by atoms with van der Waals surface area (Å²) in [5.41, 5.74) is 3.13. The van der Waals surface area contributed by atoms with Crippen LogP contribution in [0.15, 0.2) is 0 Å². The molecule has 0 rings (SSSR count). The Bertz CT molecular complexity index is 191. The lowest BCUT2D eigenvalue weighted by atomic mass is 10.7. The molecule has 48 valence electrons. The summed E-state index contributed by atoms with van der Waals surface area (Å²) < 4.78 is 2.71. The Morgan fingerprint density at radius 1 is 1.11 bits per heavy atom. The summed E-state index contributed by atoms with van der Waals surface area (Å²) in [6.07, 6.45) is 0. The Balaban J connectivity index is 3.99. The first-order chi connectivity index (χ1) is 4.06. The van der Waals surface area contributed by atoms with Gasteiger partial charge in [-0.1, -0.05) is 19.6 Å². The third kappa shape index (κ3) is 8.07. The minimum atomic E-state index is -1.16. The molecule has 0 amide bonds. The topological polar surface area (TPSA) is 0 Å². The zero-order valence-electron chi connectivity index (χ0n) is 5.88. The van der Waals surface area contributed by atoms with E-state index in [9.17, 15) is 0 Å². The van der Waals surface area contributed by atoms with Crippen molar-refractivity contribution in [2.45, 2.75) is 19.6 Å². The second-order valence-corrected chi connectivity index (χ2v) is 8.01. The summed E-state index contributed by atoms with van der Waals surface area (Å²) in [4.78, 5) is 0. The van der Waals surface area contributed by atoms with Gasteiger partial charge in [-0.2, -0.15) is 0 Å². The average molecular weight is 248 g/mol. The van der Waals surface area contributed by atoms with Gasteiger partial charge in [-0.25, -0.2) is 0 Å². The first-order valence-electron chi connectivity index (χ1n) is 2.69. The molecule has 0 N–H and O–H groups in total. The van der Waals surface area contributed by atoms with Gasteiger partial charge in [0.05, 0.1) is 0 Å². The first-order valence-corrected chi connectivity index (χ1v) is 7.27. The molecule has 2 heteroatoms. The molecule has 0 aromatic rings. The Labute approximate surface area is 71.6 Å². The van der Waals surface area contributed by atoms with Crippen LogP contribution in [0, 0.1) is 21.3 Å². The lowest BCUT2D eigenvalue weighted by molar-refractivity contribution is 1.81. The molecule has 0 spiro atoms. The van der Waals surface area contributed by atoms with E-state index >= 15 is 0 Å². The highest BCUT2D eigenvalue weighted by atomic mass is 127. The maximum atomic E-state index is 3.13. The van der Waals surface area contributed by atoms with Crippen LogP contribution in [0.2, 0.25) is 19.6 Å². The van der Waals surface area contributed by atoms with Gasteiger partial charge >= 0.3 is 0 Å². The van der Waals surface area contributed by atoms with E-state index in [4.69, 9.17) is 0 Å². The molecule has 0 radical (unpaired) electrons. The summed E-state index contributed by atoms with van der Waals surface area (Å²) in [5, 5.41) is 0. The second kappa shape index (κ2) is 3.98.